The normalized spacial score (nSPS) is 11.0. The van der Waals surface area contributed by atoms with E-state index in [1.807, 2.05) is 42.8 Å². The Bertz CT molecular complexity index is 837. The van der Waals surface area contributed by atoms with Gasteiger partial charge in [0.25, 0.3) is 0 Å². The second-order valence-electron chi connectivity index (χ2n) is 5.53. The zero-order valence-corrected chi connectivity index (χ0v) is 14.1. The SMILES string of the molecule is CCOc1cc(C)c(-c2cn3cccc(OCC)c3n2)cc1C. The van der Waals surface area contributed by atoms with Crippen LogP contribution in [0.1, 0.15) is 25.0 Å². The Morgan fingerprint density at radius 2 is 1.74 bits per heavy atom. The van der Waals surface area contributed by atoms with Gasteiger partial charge in [0.2, 0.25) is 0 Å². The maximum absolute atomic E-state index is 5.67. The average molecular weight is 310 g/mol. The molecule has 0 radical (unpaired) electrons. The fraction of sp³-hybridized carbons (Fsp3) is 0.316. The van der Waals surface area contributed by atoms with Gasteiger partial charge in [-0.25, -0.2) is 4.98 Å². The molecule has 0 bridgehead atoms. The number of fused-ring (bicyclic) bond motifs is 1. The van der Waals surface area contributed by atoms with Crippen LogP contribution < -0.4 is 9.47 Å². The molecule has 0 fully saturated rings. The summed E-state index contributed by atoms with van der Waals surface area (Å²) in [5.74, 6) is 1.74. The lowest BCUT2D eigenvalue weighted by Gasteiger charge is -2.11. The molecule has 2 aromatic heterocycles. The Morgan fingerprint density at radius 3 is 2.48 bits per heavy atom. The minimum atomic E-state index is 0.628. The van der Waals surface area contributed by atoms with Crippen LogP contribution in [0, 0.1) is 13.8 Å². The largest absolute Gasteiger partial charge is 0.494 e. The van der Waals surface area contributed by atoms with Crippen LogP contribution in [0.3, 0.4) is 0 Å². The molecule has 4 heteroatoms. The van der Waals surface area contributed by atoms with Gasteiger partial charge in [-0.15, -0.1) is 0 Å². The van der Waals surface area contributed by atoms with Gasteiger partial charge in [0.05, 0.1) is 18.9 Å². The van der Waals surface area contributed by atoms with E-state index in [2.05, 4.69) is 26.0 Å². The number of benzene rings is 1. The Morgan fingerprint density at radius 1 is 1.00 bits per heavy atom. The molecule has 4 nitrogen and oxygen atoms in total. The first-order chi connectivity index (χ1) is 11.1. The fourth-order valence-electron chi connectivity index (χ4n) is 2.76. The van der Waals surface area contributed by atoms with Crippen LogP contribution in [-0.4, -0.2) is 22.6 Å². The van der Waals surface area contributed by atoms with Crippen molar-refractivity contribution in [2.75, 3.05) is 13.2 Å². The van der Waals surface area contributed by atoms with E-state index in [1.54, 1.807) is 0 Å². The smallest absolute Gasteiger partial charge is 0.180 e. The third-order valence-corrected chi connectivity index (χ3v) is 3.84. The topological polar surface area (TPSA) is 35.8 Å². The van der Waals surface area contributed by atoms with Crippen LogP contribution in [-0.2, 0) is 0 Å². The van der Waals surface area contributed by atoms with Crippen molar-refractivity contribution in [2.24, 2.45) is 0 Å². The summed E-state index contributed by atoms with van der Waals surface area (Å²) in [6.45, 7) is 9.43. The minimum absolute atomic E-state index is 0.628. The predicted molar refractivity (Wildman–Crippen MR) is 92.4 cm³/mol. The van der Waals surface area contributed by atoms with Gasteiger partial charge in [-0.2, -0.15) is 0 Å². The molecule has 3 rings (SSSR count). The van der Waals surface area contributed by atoms with Crippen molar-refractivity contribution in [3.8, 4) is 22.8 Å². The molecule has 0 aliphatic rings. The van der Waals surface area contributed by atoms with E-state index in [-0.39, 0.29) is 0 Å². The van der Waals surface area contributed by atoms with Crippen LogP contribution in [0.4, 0.5) is 0 Å². The summed E-state index contributed by atoms with van der Waals surface area (Å²) in [5.41, 5.74) is 5.18. The summed E-state index contributed by atoms with van der Waals surface area (Å²) in [4.78, 5) is 4.78. The van der Waals surface area contributed by atoms with Crippen molar-refractivity contribution >= 4 is 5.65 Å². The first-order valence-corrected chi connectivity index (χ1v) is 7.99. The summed E-state index contributed by atoms with van der Waals surface area (Å²) < 4.78 is 13.3. The molecule has 0 N–H and O–H groups in total. The number of hydrogen-bond donors (Lipinski definition) is 0. The zero-order chi connectivity index (χ0) is 16.4. The Labute approximate surface area is 136 Å². The number of pyridine rings is 1. The Kier molecular flexibility index (Phi) is 4.24. The quantitative estimate of drug-likeness (QED) is 0.700. The first kappa shape index (κ1) is 15.4. The third-order valence-electron chi connectivity index (χ3n) is 3.84. The highest BCUT2D eigenvalue weighted by Crippen LogP contribution is 2.31. The Balaban J connectivity index is 2.10. The number of ether oxygens (including phenoxy) is 2. The van der Waals surface area contributed by atoms with Crippen LogP contribution in [0.25, 0.3) is 16.9 Å². The minimum Gasteiger partial charge on any atom is -0.494 e. The second kappa shape index (κ2) is 6.32. The van der Waals surface area contributed by atoms with Crippen molar-refractivity contribution in [1.29, 1.82) is 0 Å². The van der Waals surface area contributed by atoms with Gasteiger partial charge < -0.3 is 13.9 Å². The molecule has 120 valence electrons. The van der Waals surface area contributed by atoms with E-state index in [0.29, 0.717) is 13.2 Å². The maximum Gasteiger partial charge on any atom is 0.180 e. The van der Waals surface area contributed by atoms with E-state index in [9.17, 15) is 0 Å². The molecule has 0 aliphatic heterocycles. The van der Waals surface area contributed by atoms with Gasteiger partial charge in [0.1, 0.15) is 5.75 Å². The number of hydrogen-bond acceptors (Lipinski definition) is 3. The molecular formula is C19H22N2O2. The molecule has 3 aromatic rings. The van der Waals surface area contributed by atoms with Gasteiger partial charge >= 0.3 is 0 Å². The number of imidazole rings is 1. The molecule has 0 saturated heterocycles. The molecule has 1 aromatic carbocycles. The summed E-state index contributed by atoms with van der Waals surface area (Å²) in [6, 6.07) is 8.15. The first-order valence-electron chi connectivity index (χ1n) is 7.99. The monoisotopic (exact) mass is 310 g/mol. The summed E-state index contributed by atoms with van der Waals surface area (Å²) in [7, 11) is 0. The summed E-state index contributed by atoms with van der Waals surface area (Å²) in [6.07, 6.45) is 4.03. The van der Waals surface area contributed by atoms with Gasteiger partial charge in [0, 0.05) is 18.0 Å². The lowest BCUT2D eigenvalue weighted by Crippen LogP contribution is -1.96. The van der Waals surface area contributed by atoms with E-state index in [4.69, 9.17) is 14.5 Å². The van der Waals surface area contributed by atoms with Gasteiger partial charge in [-0.05, 0) is 63.1 Å². The molecule has 0 spiro atoms. The highest BCUT2D eigenvalue weighted by Gasteiger charge is 2.12. The van der Waals surface area contributed by atoms with Crippen LogP contribution >= 0.6 is 0 Å². The molecule has 0 saturated carbocycles. The molecule has 0 unspecified atom stereocenters. The molecule has 0 aliphatic carbocycles. The Hall–Kier alpha value is -2.49. The van der Waals surface area contributed by atoms with Gasteiger partial charge in [0.15, 0.2) is 11.4 Å². The zero-order valence-electron chi connectivity index (χ0n) is 14.1. The van der Waals surface area contributed by atoms with Crippen molar-refractivity contribution in [2.45, 2.75) is 27.7 Å². The van der Waals surface area contributed by atoms with Crippen LogP contribution in [0.15, 0.2) is 36.7 Å². The molecule has 23 heavy (non-hydrogen) atoms. The third kappa shape index (κ3) is 2.89. The van der Waals surface area contributed by atoms with Crippen molar-refractivity contribution in [3.05, 3.63) is 47.8 Å². The van der Waals surface area contributed by atoms with Crippen LogP contribution in [0.5, 0.6) is 11.5 Å². The molecular weight excluding hydrogens is 288 g/mol. The van der Waals surface area contributed by atoms with Crippen molar-refractivity contribution < 1.29 is 9.47 Å². The van der Waals surface area contributed by atoms with E-state index >= 15 is 0 Å². The van der Waals surface area contributed by atoms with E-state index < -0.39 is 0 Å². The molecule has 0 amide bonds. The highest BCUT2D eigenvalue weighted by molar-refractivity contribution is 5.70. The number of aryl methyl sites for hydroxylation is 2. The molecule has 0 atom stereocenters. The maximum atomic E-state index is 5.67. The summed E-state index contributed by atoms with van der Waals surface area (Å²) in [5, 5.41) is 0. The standard InChI is InChI=1S/C19H22N2O2/c1-5-22-17-8-7-9-21-12-16(20-19(17)21)15-10-14(4)18(23-6-2)11-13(15)3/h7-12H,5-6H2,1-4H3. The lowest BCUT2D eigenvalue weighted by atomic mass is 10.0. The second-order valence-corrected chi connectivity index (χ2v) is 5.53. The van der Waals surface area contributed by atoms with Gasteiger partial charge in [-0.3, -0.25) is 0 Å². The van der Waals surface area contributed by atoms with E-state index in [0.717, 1.165) is 39.5 Å². The van der Waals surface area contributed by atoms with Crippen molar-refractivity contribution in [3.63, 3.8) is 0 Å². The number of rotatable bonds is 5. The predicted octanol–water partition coefficient (Wildman–Crippen LogP) is 4.42. The van der Waals surface area contributed by atoms with Crippen LogP contribution in [0.2, 0.25) is 0 Å². The summed E-state index contributed by atoms with van der Waals surface area (Å²) >= 11 is 0. The van der Waals surface area contributed by atoms with Crippen molar-refractivity contribution in [1.82, 2.24) is 9.38 Å². The number of nitrogens with zero attached hydrogens (tertiary/aromatic N) is 2. The number of aromatic nitrogens is 2. The lowest BCUT2D eigenvalue weighted by molar-refractivity contribution is 0.337. The van der Waals surface area contributed by atoms with E-state index in [1.165, 1.54) is 0 Å². The van der Waals surface area contributed by atoms with Gasteiger partial charge in [-0.1, -0.05) is 0 Å². The average Bonchev–Trinajstić information content (AvgIpc) is 2.96. The fourth-order valence-corrected chi connectivity index (χ4v) is 2.76. The highest BCUT2D eigenvalue weighted by atomic mass is 16.5. The molecule has 2 heterocycles.